The molecule has 2 rings (SSSR count). The average molecular weight is 288 g/mol. The summed E-state index contributed by atoms with van der Waals surface area (Å²) in [6.07, 6.45) is 0.0820. The van der Waals surface area contributed by atoms with E-state index in [1.165, 1.54) is 7.11 Å². The molecule has 1 aromatic carbocycles. The van der Waals surface area contributed by atoms with Crippen molar-refractivity contribution < 1.29 is 14.2 Å². The normalized spacial score (nSPS) is 12.0. The van der Waals surface area contributed by atoms with Gasteiger partial charge in [-0.2, -0.15) is 9.97 Å². The van der Waals surface area contributed by atoms with Gasteiger partial charge in [-0.3, -0.25) is 0 Å². The van der Waals surface area contributed by atoms with E-state index in [4.69, 9.17) is 14.2 Å². The highest BCUT2D eigenvalue weighted by molar-refractivity contribution is 5.60. The van der Waals surface area contributed by atoms with Crippen LogP contribution in [0.5, 0.6) is 11.9 Å². The summed E-state index contributed by atoms with van der Waals surface area (Å²) < 4.78 is 15.8. The molecule has 0 aliphatic heterocycles. The van der Waals surface area contributed by atoms with Crippen LogP contribution in [0.4, 0.5) is 0 Å². The van der Waals surface area contributed by atoms with Gasteiger partial charge in [-0.05, 0) is 19.4 Å². The largest absolute Gasteiger partial charge is 0.481 e. The molecule has 0 aliphatic carbocycles. The van der Waals surface area contributed by atoms with Crippen molar-refractivity contribution in [3.63, 3.8) is 0 Å². The predicted molar refractivity (Wildman–Crippen MR) is 80.6 cm³/mol. The van der Waals surface area contributed by atoms with Gasteiger partial charge in [-0.15, -0.1) is 0 Å². The van der Waals surface area contributed by atoms with Gasteiger partial charge in [0, 0.05) is 18.2 Å². The summed E-state index contributed by atoms with van der Waals surface area (Å²) in [5, 5.41) is 0. The van der Waals surface area contributed by atoms with E-state index in [2.05, 4.69) is 9.97 Å². The van der Waals surface area contributed by atoms with Crippen LogP contribution >= 0.6 is 0 Å². The zero-order valence-electron chi connectivity index (χ0n) is 12.8. The second-order valence-corrected chi connectivity index (χ2v) is 4.50. The van der Waals surface area contributed by atoms with E-state index in [0.717, 1.165) is 16.8 Å². The van der Waals surface area contributed by atoms with Crippen LogP contribution in [-0.4, -0.2) is 30.8 Å². The second kappa shape index (κ2) is 7.04. The number of benzene rings is 1. The summed E-state index contributed by atoms with van der Waals surface area (Å²) >= 11 is 0. The average Bonchev–Trinajstić information content (AvgIpc) is 2.54. The van der Waals surface area contributed by atoms with Gasteiger partial charge in [-0.1, -0.05) is 24.3 Å². The van der Waals surface area contributed by atoms with E-state index in [0.29, 0.717) is 12.5 Å². The van der Waals surface area contributed by atoms with Gasteiger partial charge >= 0.3 is 6.01 Å². The van der Waals surface area contributed by atoms with Crippen LogP contribution in [-0.2, 0) is 4.74 Å². The number of aromatic nitrogens is 2. The minimum Gasteiger partial charge on any atom is -0.481 e. The molecule has 0 aliphatic rings. The minimum absolute atomic E-state index is 0.0820. The summed E-state index contributed by atoms with van der Waals surface area (Å²) in [5.41, 5.74) is 2.87. The molecule has 5 nitrogen and oxygen atoms in total. The van der Waals surface area contributed by atoms with E-state index in [-0.39, 0.29) is 12.1 Å². The highest BCUT2D eigenvalue weighted by Crippen LogP contribution is 2.25. The molecule has 0 amide bonds. The Kier molecular flexibility index (Phi) is 5.11. The van der Waals surface area contributed by atoms with Crippen LogP contribution in [0.15, 0.2) is 30.3 Å². The lowest BCUT2D eigenvalue weighted by Gasteiger charge is -2.12. The van der Waals surface area contributed by atoms with E-state index in [1.54, 1.807) is 13.2 Å². The van der Waals surface area contributed by atoms with Gasteiger partial charge in [0.05, 0.1) is 26.0 Å². The van der Waals surface area contributed by atoms with Crippen molar-refractivity contribution in [3.05, 3.63) is 35.9 Å². The lowest BCUT2D eigenvalue weighted by atomic mass is 10.1. The third-order valence-electron chi connectivity index (χ3n) is 3.17. The Balaban J connectivity index is 2.29. The number of rotatable bonds is 6. The van der Waals surface area contributed by atoms with Crippen LogP contribution in [0.1, 0.15) is 25.5 Å². The Hall–Kier alpha value is -2.14. The maximum absolute atomic E-state index is 5.58. The van der Waals surface area contributed by atoms with Gasteiger partial charge in [0.1, 0.15) is 0 Å². The monoisotopic (exact) mass is 288 g/mol. The molecular formula is C16H20N2O3. The number of ether oxygens (including phenoxy) is 3. The van der Waals surface area contributed by atoms with Crippen LogP contribution in [0.3, 0.4) is 0 Å². The van der Waals surface area contributed by atoms with Gasteiger partial charge in [0.2, 0.25) is 5.88 Å². The van der Waals surface area contributed by atoms with Crippen molar-refractivity contribution in [2.75, 3.05) is 20.8 Å². The SMILES string of the molecule is CCO[C@@H](C)c1ccc(-c2cc(OC)nc(OC)n2)cc1. The van der Waals surface area contributed by atoms with E-state index >= 15 is 0 Å². The standard InChI is InChI=1S/C16H20N2O3/c1-5-21-11(2)12-6-8-13(9-7-12)14-10-15(19-3)18-16(17-14)20-4/h6-11H,5H2,1-4H3/t11-/m0/s1. The van der Waals surface area contributed by atoms with Crippen LogP contribution in [0, 0.1) is 0 Å². The van der Waals surface area contributed by atoms with Gasteiger partial charge in [-0.25, -0.2) is 0 Å². The lowest BCUT2D eigenvalue weighted by molar-refractivity contribution is 0.0764. The Morgan fingerprint density at radius 1 is 1.05 bits per heavy atom. The van der Waals surface area contributed by atoms with Crippen LogP contribution < -0.4 is 9.47 Å². The summed E-state index contributed by atoms with van der Waals surface area (Å²) in [6, 6.07) is 10.2. The summed E-state index contributed by atoms with van der Waals surface area (Å²) in [7, 11) is 3.10. The van der Waals surface area contributed by atoms with E-state index in [1.807, 2.05) is 38.1 Å². The fourth-order valence-corrected chi connectivity index (χ4v) is 2.02. The molecule has 0 unspecified atom stereocenters. The molecule has 0 spiro atoms. The van der Waals surface area contributed by atoms with Crippen molar-refractivity contribution in [2.24, 2.45) is 0 Å². The quantitative estimate of drug-likeness (QED) is 0.816. The predicted octanol–water partition coefficient (Wildman–Crippen LogP) is 3.26. The number of hydrogen-bond donors (Lipinski definition) is 0. The first-order chi connectivity index (χ1) is 10.2. The lowest BCUT2D eigenvalue weighted by Crippen LogP contribution is -2.00. The van der Waals surface area contributed by atoms with Crippen molar-refractivity contribution in [1.29, 1.82) is 0 Å². The third kappa shape index (κ3) is 3.70. The second-order valence-electron chi connectivity index (χ2n) is 4.50. The summed E-state index contributed by atoms with van der Waals surface area (Å²) in [4.78, 5) is 8.43. The fourth-order valence-electron chi connectivity index (χ4n) is 2.02. The molecule has 0 saturated heterocycles. The van der Waals surface area contributed by atoms with E-state index in [9.17, 15) is 0 Å². The topological polar surface area (TPSA) is 53.5 Å². The van der Waals surface area contributed by atoms with E-state index < -0.39 is 0 Å². The summed E-state index contributed by atoms with van der Waals surface area (Å²) in [5.74, 6) is 0.476. The zero-order chi connectivity index (χ0) is 15.2. The number of nitrogens with zero attached hydrogens (tertiary/aromatic N) is 2. The van der Waals surface area contributed by atoms with Crippen molar-refractivity contribution >= 4 is 0 Å². The van der Waals surface area contributed by atoms with Crippen LogP contribution in [0.25, 0.3) is 11.3 Å². The molecule has 0 fully saturated rings. The molecule has 0 radical (unpaired) electrons. The van der Waals surface area contributed by atoms with Gasteiger partial charge in [0.15, 0.2) is 0 Å². The van der Waals surface area contributed by atoms with Crippen molar-refractivity contribution in [3.8, 4) is 23.1 Å². The Morgan fingerprint density at radius 2 is 1.76 bits per heavy atom. The molecule has 2 aromatic rings. The maximum Gasteiger partial charge on any atom is 0.320 e. The zero-order valence-corrected chi connectivity index (χ0v) is 12.8. The van der Waals surface area contributed by atoms with Crippen molar-refractivity contribution in [2.45, 2.75) is 20.0 Å². The Labute approximate surface area is 124 Å². The first-order valence-electron chi connectivity index (χ1n) is 6.87. The molecule has 21 heavy (non-hydrogen) atoms. The minimum atomic E-state index is 0.0820. The highest BCUT2D eigenvalue weighted by atomic mass is 16.5. The molecule has 112 valence electrons. The number of methoxy groups -OCH3 is 2. The Bertz CT molecular complexity index is 562. The molecule has 1 heterocycles. The van der Waals surface area contributed by atoms with Crippen molar-refractivity contribution in [1.82, 2.24) is 9.97 Å². The first-order valence-corrected chi connectivity index (χ1v) is 6.87. The molecule has 1 atom stereocenters. The molecule has 0 bridgehead atoms. The third-order valence-corrected chi connectivity index (χ3v) is 3.17. The maximum atomic E-state index is 5.58. The summed E-state index contributed by atoms with van der Waals surface area (Å²) in [6.45, 7) is 4.72. The smallest absolute Gasteiger partial charge is 0.320 e. The van der Waals surface area contributed by atoms with Gasteiger partial charge in [0.25, 0.3) is 0 Å². The Morgan fingerprint density at radius 3 is 2.33 bits per heavy atom. The molecule has 0 saturated carbocycles. The van der Waals surface area contributed by atoms with Crippen LogP contribution in [0.2, 0.25) is 0 Å². The molecule has 1 aromatic heterocycles. The molecular weight excluding hydrogens is 268 g/mol. The number of hydrogen-bond acceptors (Lipinski definition) is 5. The fraction of sp³-hybridized carbons (Fsp3) is 0.375. The van der Waals surface area contributed by atoms with Gasteiger partial charge < -0.3 is 14.2 Å². The molecule has 0 N–H and O–H groups in total. The highest BCUT2D eigenvalue weighted by Gasteiger charge is 2.09. The molecule has 5 heteroatoms. The first kappa shape index (κ1) is 15.3.